The van der Waals surface area contributed by atoms with Crippen molar-refractivity contribution in [3.05, 3.63) is 51.5 Å². The van der Waals surface area contributed by atoms with Gasteiger partial charge in [0.2, 0.25) is 0 Å². The Labute approximate surface area is 166 Å². The molecule has 0 radical (unpaired) electrons. The number of alkyl halides is 2. The van der Waals surface area contributed by atoms with Crippen molar-refractivity contribution in [1.29, 1.82) is 0 Å². The van der Waals surface area contributed by atoms with Crippen LogP contribution < -0.4 is 5.32 Å². The first kappa shape index (κ1) is 18.8. The fraction of sp³-hybridized carbons (Fsp3) is 0.353. The number of amides is 2. The number of halogens is 4. The van der Waals surface area contributed by atoms with Gasteiger partial charge in [-0.2, -0.15) is 13.9 Å². The highest BCUT2D eigenvalue weighted by Gasteiger charge is 2.41. The Morgan fingerprint density at radius 1 is 1.32 bits per heavy atom. The van der Waals surface area contributed by atoms with Crippen LogP contribution in [0.4, 0.5) is 23.7 Å². The second kappa shape index (κ2) is 6.80. The van der Waals surface area contributed by atoms with Crippen molar-refractivity contribution in [3.8, 4) is 0 Å². The van der Waals surface area contributed by atoms with Gasteiger partial charge in [-0.15, -0.1) is 0 Å². The minimum atomic E-state index is -3.40. The number of aliphatic hydroxyl groups is 1. The molecule has 4 heterocycles. The number of aryl methyl sites for hydroxylation is 1. The van der Waals surface area contributed by atoms with Gasteiger partial charge in [0.05, 0.1) is 23.7 Å². The maximum Gasteiger partial charge on any atom is 0.322 e. The number of carbonyl (C=O) groups is 1. The van der Waals surface area contributed by atoms with Crippen molar-refractivity contribution >= 4 is 27.6 Å². The molecule has 0 bridgehead atoms. The number of nitrogens with zero attached hydrogens (tertiary/aromatic N) is 4. The normalized spacial score (nSPS) is 18.0. The highest BCUT2D eigenvalue weighted by atomic mass is 79.9. The van der Waals surface area contributed by atoms with Gasteiger partial charge >= 0.3 is 12.0 Å². The van der Waals surface area contributed by atoms with Gasteiger partial charge in [-0.25, -0.2) is 14.2 Å². The van der Waals surface area contributed by atoms with Crippen molar-refractivity contribution in [2.45, 2.75) is 31.9 Å². The number of aliphatic hydroxyl groups excluding tert-OH is 1. The molecule has 2 aromatic heterocycles. The van der Waals surface area contributed by atoms with Crippen LogP contribution in [0.2, 0.25) is 0 Å². The number of allylic oxidation sites excluding steroid dienone is 2. The number of hydrogen-bond donors (Lipinski definition) is 2. The van der Waals surface area contributed by atoms with E-state index in [9.17, 15) is 23.1 Å². The van der Waals surface area contributed by atoms with E-state index in [1.807, 2.05) is 0 Å². The number of carbonyl (C=O) groups excluding carboxylic acids is 1. The summed E-state index contributed by atoms with van der Waals surface area (Å²) in [6.07, 6.45) is 2.21. The number of nitrogens with one attached hydrogen (secondary N) is 1. The molecule has 0 fully saturated rings. The molecular formula is C17H15BrF3N5O2. The molecule has 0 saturated heterocycles. The first-order valence-corrected chi connectivity index (χ1v) is 9.29. The summed E-state index contributed by atoms with van der Waals surface area (Å²) in [5, 5.41) is 16.3. The van der Waals surface area contributed by atoms with E-state index in [1.165, 1.54) is 21.8 Å². The summed E-state index contributed by atoms with van der Waals surface area (Å²) < 4.78 is 44.4. The number of aromatic nitrogens is 3. The van der Waals surface area contributed by atoms with Gasteiger partial charge in [0, 0.05) is 43.8 Å². The highest BCUT2D eigenvalue weighted by molar-refractivity contribution is 9.10. The molecule has 0 atom stereocenters. The number of rotatable bonds is 1. The molecule has 0 aromatic carbocycles. The third-order valence-electron chi connectivity index (χ3n) is 4.72. The predicted octanol–water partition coefficient (Wildman–Crippen LogP) is 3.71. The smallest absolute Gasteiger partial charge is 0.322 e. The Hall–Kier alpha value is -2.56. The van der Waals surface area contributed by atoms with Crippen LogP contribution in [0.1, 0.15) is 23.4 Å². The van der Waals surface area contributed by atoms with Crippen molar-refractivity contribution in [3.63, 3.8) is 0 Å². The zero-order chi connectivity index (χ0) is 20.1. The van der Waals surface area contributed by atoms with Gasteiger partial charge in [0.1, 0.15) is 10.3 Å². The Bertz CT molecular complexity index is 991. The quantitative estimate of drug-likeness (QED) is 0.639. The molecule has 0 saturated carbocycles. The SMILES string of the molecule is O=C(Nc1ccnc(Br)c1F)N1CCc2nn3c(c2C1)C(F)(F)C=C(O)CC3. The maximum atomic E-state index is 14.6. The minimum Gasteiger partial charge on any atom is -0.512 e. The van der Waals surface area contributed by atoms with E-state index in [0.29, 0.717) is 18.2 Å². The highest BCUT2D eigenvalue weighted by Crippen LogP contribution is 2.38. The number of urea groups is 1. The van der Waals surface area contributed by atoms with Crippen LogP contribution in [-0.2, 0) is 25.4 Å². The first-order valence-electron chi connectivity index (χ1n) is 8.49. The molecule has 0 aliphatic carbocycles. The molecule has 0 unspecified atom stereocenters. The maximum absolute atomic E-state index is 14.6. The lowest BCUT2D eigenvalue weighted by Crippen LogP contribution is -2.39. The topological polar surface area (TPSA) is 83.3 Å². The number of hydrogen-bond acceptors (Lipinski definition) is 4. The van der Waals surface area contributed by atoms with Crippen LogP contribution in [0.25, 0.3) is 0 Å². The predicted molar refractivity (Wildman–Crippen MR) is 96.5 cm³/mol. The summed E-state index contributed by atoms with van der Waals surface area (Å²) in [4.78, 5) is 17.6. The summed E-state index contributed by atoms with van der Waals surface area (Å²) in [7, 11) is 0. The van der Waals surface area contributed by atoms with Crippen LogP contribution in [0.15, 0.2) is 28.7 Å². The van der Waals surface area contributed by atoms with Crippen LogP contribution in [0.3, 0.4) is 0 Å². The first-order chi connectivity index (χ1) is 13.3. The fourth-order valence-electron chi connectivity index (χ4n) is 3.41. The van der Waals surface area contributed by atoms with Crippen molar-refractivity contribution in [2.75, 3.05) is 11.9 Å². The van der Waals surface area contributed by atoms with Crippen LogP contribution in [0, 0.1) is 5.82 Å². The van der Waals surface area contributed by atoms with E-state index in [1.54, 1.807) is 0 Å². The molecule has 7 nitrogen and oxygen atoms in total. The van der Waals surface area contributed by atoms with Gasteiger partial charge in [0.25, 0.3) is 0 Å². The monoisotopic (exact) mass is 457 g/mol. The largest absolute Gasteiger partial charge is 0.512 e. The molecule has 0 spiro atoms. The lowest BCUT2D eigenvalue weighted by Gasteiger charge is -2.28. The Kier molecular flexibility index (Phi) is 4.56. The lowest BCUT2D eigenvalue weighted by molar-refractivity contribution is 0.0393. The standard InChI is InChI=1S/C17H15BrF3N5O2/c18-15-13(19)12(1-4-22-15)23-16(28)25-5-3-11-10(8-25)14-17(20,21)7-9(27)2-6-26(14)24-11/h1,4,7,27H,2-3,5-6,8H2,(H,22,23,28). The Morgan fingerprint density at radius 3 is 2.89 bits per heavy atom. The summed E-state index contributed by atoms with van der Waals surface area (Å²) in [6, 6.07) is 0.694. The molecule has 2 N–H and O–H groups in total. The average Bonchev–Trinajstić information content (AvgIpc) is 2.96. The van der Waals surface area contributed by atoms with Gasteiger partial charge in [-0.3, -0.25) is 4.68 Å². The van der Waals surface area contributed by atoms with Gasteiger partial charge in [-0.05, 0) is 22.0 Å². The van der Waals surface area contributed by atoms with Gasteiger partial charge in [-0.1, -0.05) is 0 Å². The minimum absolute atomic E-state index is 0.0422. The van der Waals surface area contributed by atoms with Gasteiger partial charge < -0.3 is 15.3 Å². The molecule has 2 aromatic rings. The second-order valence-electron chi connectivity index (χ2n) is 6.57. The van der Waals surface area contributed by atoms with E-state index in [0.717, 1.165) is 0 Å². The molecule has 2 aliphatic rings. The van der Waals surface area contributed by atoms with Crippen LogP contribution in [-0.4, -0.2) is 37.3 Å². The number of pyridine rings is 1. The number of fused-ring (bicyclic) bond motifs is 3. The van der Waals surface area contributed by atoms with E-state index in [2.05, 4.69) is 31.3 Å². The van der Waals surface area contributed by atoms with Crippen molar-refractivity contribution in [2.24, 2.45) is 0 Å². The van der Waals surface area contributed by atoms with Crippen LogP contribution in [0.5, 0.6) is 0 Å². The summed E-state index contributed by atoms with van der Waals surface area (Å²) in [6.45, 7) is 0.299. The Balaban J connectivity index is 1.61. The third kappa shape index (κ3) is 3.23. The Morgan fingerprint density at radius 2 is 2.11 bits per heavy atom. The lowest BCUT2D eigenvalue weighted by atomic mass is 10.0. The summed E-state index contributed by atoms with van der Waals surface area (Å²) in [5.41, 5.74) is 0.381. The fourth-order valence-corrected chi connectivity index (χ4v) is 3.75. The second-order valence-corrected chi connectivity index (χ2v) is 7.32. The molecule has 2 amide bonds. The van der Waals surface area contributed by atoms with Crippen molar-refractivity contribution in [1.82, 2.24) is 19.7 Å². The zero-order valence-electron chi connectivity index (χ0n) is 14.4. The third-order valence-corrected chi connectivity index (χ3v) is 5.27. The summed E-state index contributed by atoms with van der Waals surface area (Å²) in [5.74, 6) is -4.52. The molecule has 28 heavy (non-hydrogen) atoms. The average molecular weight is 458 g/mol. The molecule has 148 valence electrons. The van der Waals surface area contributed by atoms with Crippen LogP contribution >= 0.6 is 15.9 Å². The van der Waals surface area contributed by atoms with Crippen molar-refractivity contribution < 1.29 is 23.1 Å². The molecule has 4 rings (SSSR count). The summed E-state index contributed by atoms with van der Waals surface area (Å²) >= 11 is 2.94. The van der Waals surface area contributed by atoms with E-state index in [4.69, 9.17) is 0 Å². The molecule has 2 aliphatic heterocycles. The molecular weight excluding hydrogens is 443 g/mol. The number of anilines is 1. The zero-order valence-corrected chi connectivity index (χ0v) is 16.0. The van der Waals surface area contributed by atoms with E-state index >= 15 is 0 Å². The van der Waals surface area contributed by atoms with E-state index < -0.39 is 23.5 Å². The molecule has 11 heteroatoms. The van der Waals surface area contributed by atoms with E-state index in [-0.39, 0.29) is 47.6 Å². The van der Waals surface area contributed by atoms with Gasteiger partial charge in [0.15, 0.2) is 5.82 Å².